The lowest BCUT2D eigenvalue weighted by Crippen LogP contribution is -2.30. The van der Waals surface area contributed by atoms with Crippen LogP contribution in [0.3, 0.4) is 0 Å². The lowest BCUT2D eigenvalue weighted by molar-refractivity contribution is -0.118. The monoisotopic (exact) mass is 392 g/mol. The largest absolute Gasteiger partial charge is 0.383 e. The smallest absolute Gasteiger partial charge is 0.255 e. The van der Waals surface area contributed by atoms with E-state index in [1.165, 1.54) is 11.8 Å². The van der Waals surface area contributed by atoms with Crippen LogP contribution in [0.5, 0.6) is 0 Å². The van der Waals surface area contributed by atoms with Gasteiger partial charge in [-0.15, -0.1) is 23.1 Å². The molecule has 26 heavy (non-hydrogen) atoms. The van der Waals surface area contributed by atoms with Crippen LogP contribution in [0.4, 0.5) is 0 Å². The molecule has 5 nitrogen and oxygen atoms in total. The van der Waals surface area contributed by atoms with Crippen LogP contribution in [0, 0.1) is 0 Å². The second-order valence-electron chi connectivity index (χ2n) is 5.53. The maximum Gasteiger partial charge on any atom is 0.255 e. The number of hydrogen-bond acceptors (Lipinski definition) is 5. The van der Waals surface area contributed by atoms with Gasteiger partial charge in [-0.3, -0.25) is 9.59 Å². The minimum absolute atomic E-state index is 0.0104. The SMILES string of the molecule is CCN(Cc1cccs1)C(=O)c1ccccc1SCC(=O)NCCOC. The van der Waals surface area contributed by atoms with E-state index >= 15 is 0 Å². The standard InChI is InChI=1S/C19H24N2O3S2/c1-3-21(13-15-7-6-12-25-15)19(23)16-8-4-5-9-17(16)26-14-18(22)20-10-11-24-2/h4-9,12H,3,10-11,13-14H2,1-2H3,(H,20,22). The number of ether oxygens (including phenoxy) is 1. The highest BCUT2D eigenvalue weighted by atomic mass is 32.2. The topological polar surface area (TPSA) is 58.6 Å². The Balaban J connectivity index is 2.02. The van der Waals surface area contributed by atoms with Crippen molar-refractivity contribution in [3.8, 4) is 0 Å². The zero-order chi connectivity index (χ0) is 18.8. The number of hydrogen-bond donors (Lipinski definition) is 1. The molecule has 0 atom stereocenters. The molecule has 0 saturated carbocycles. The van der Waals surface area contributed by atoms with E-state index in [4.69, 9.17) is 4.74 Å². The van der Waals surface area contributed by atoms with E-state index < -0.39 is 0 Å². The van der Waals surface area contributed by atoms with Crippen LogP contribution in [0.2, 0.25) is 0 Å². The van der Waals surface area contributed by atoms with Crippen molar-refractivity contribution < 1.29 is 14.3 Å². The van der Waals surface area contributed by atoms with Gasteiger partial charge in [0.2, 0.25) is 5.91 Å². The minimum Gasteiger partial charge on any atom is -0.383 e. The van der Waals surface area contributed by atoms with Crippen molar-refractivity contribution in [2.45, 2.75) is 18.4 Å². The summed E-state index contributed by atoms with van der Waals surface area (Å²) in [6.45, 7) is 4.18. The molecule has 7 heteroatoms. The van der Waals surface area contributed by atoms with Crippen LogP contribution >= 0.6 is 23.1 Å². The van der Waals surface area contributed by atoms with Gasteiger partial charge in [-0.1, -0.05) is 18.2 Å². The summed E-state index contributed by atoms with van der Waals surface area (Å²) in [5, 5.41) is 4.80. The Morgan fingerprint density at radius 2 is 2.04 bits per heavy atom. The number of methoxy groups -OCH3 is 1. The van der Waals surface area contributed by atoms with Gasteiger partial charge in [0.25, 0.3) is 5.91 Å². The molecule has 1 aromatic carbocycles. The van der Waals surface area contributed by atoms with Gasteiger partial charge in [0.1, 0.15) is 0 Å². The molecule has 0 aliphatic heterocycles. The van der Waals surface area contributed by atoms with Gasteiger partial charge in [0, 0.05) is 30.0 Å². The molecule has 0 unspecified atom stereocenters. The number of benzene rings is 1. The number of thiophene rings is 1. The highest BCUT2D eigenvalue weighted by Gasteiger charge is 2.18. The van der Waals surface area contributed by atoms with E-state index in [1.807, 2.05) is 53.6 Å². The molecule has 0 fully saturated rings. The molecule has 0 aliphatic carbocycles. The Hall–Kier alpha value is -1.83. The lowest BCUT2D eigenvalue weighted by Gasteiger charge is -2.21. The summed E-state index contributed by atoms with van der Waals surface area (Å²) in [5.74, 6) is 0.189. The predicted molar refractivity (Wildman–Crippen MR) is 107 cm³/mol. The lowest BCUT2D eigenvalue weighted by atomic mass is 10.2. The van der Waals surface area contributed by atoms with Crippen molar-refractivity contribution in [1.29, 1.82) is 0 Å². The van der Waals surface area contributed by atoms with Crippen molar-refractivity contribution in [3.05, 3.63) is 52.2 Å². The normalized spacial score (nSPS) is 10.5. The Kier molecular flexibility index (Phi) is 8.67. The first-order chi connectivity index (χ1) is 12.7. The van der Waals surface area contributed by atoms with Crippen molar-refractivity contribution in [2.75, 3.05) is 32.6 Å². The van der Waals surface area contributed by atoms with Crippen molar-refractivity contribution >= 4 is 34.9 Å². The van der Waals surface area contributed by atoms with E-state index in [1.54, 1.807) is 18.4 Å². The summed E-state index contributed by atoms with van der Waals surface area (Å²) in [7, 11) is 1.60. The van der Waals surface area contributed by atoms with Crippen LogP contribution in [0.1, 0.15) is 22.2 Å². The predicted octanol–water partition coefficient (Wildman–Crippen LogP) is 3.27. The number of rotatable bonds is 10. The molecule has 140 valence electrons. The summed E-state index contributed by atoms with van der Waals surface area (Å²) in [4.78, 5) is 28.7. The van der Waals surface area contributed by atoms with Crippen LogP contribution in [0.25, 0.3) is 0 Å². The van der Waals surface area contributed by atoms with E-state index in [9.17, 15) is 9.59 Å². The molecule has 1 aromatic heterocycles. The summed E-state index contributed by atoms with van der Waals surface area (Å²) in [5.41, 5.74) is 0.639. The fourth-order valence-electron chi connectivity index (χ4n) is 2.34. The first kappa shape index (κ1) is 20.5. The number of nitrogens with zero attached hydrogens (tertiary/aromatic N) is 1. The molecule has 2 amide bonds. The molecule has 0 aliphatic rings. The van der Waals surface area contributed by atoms with Gasteiger partial charge in [-0.25, -0.2) is 0 Å². The molecule has 0 radical (unpaired) electrons. The third kappa shape index (κ3) is 6.16. The summed E-state index contributed by atoms with van der Waals surface area (Å²) >= 11 is 3.02. The number of carbonyl (C=O) groups excluding carboxylic acids is 2. The van der Waals surface area contributed by atoms with Crippen LogP contribution in [-0.2, 0) is 16.1 Å². The molecule has 2 aromatic rings. The molecule has 1 heterocycles. The summed E-state index contributed by atoms with van der Waals surface area (Å²) in [6, 6.07) is 11.5. The first-order valence-electron chi connectivity index (χ1n) is 8.44. The van der Waals surface area contributed by atoms with Crippen LogP contribution in [-0.4, -0.2) is 49.3 Å². The average molecular weight is 393 g/mol. The van der Waals surface area contributed by atoms with E-state index in [-0.39, 0.29) is 17.6 Å². The Morgan fingerprint density at radius 1 is 1.23 bits per heavy atom. The van der Waals surface area contributed by atoms with Gasteiger partial charge in [0.15, 0.2) is 0 Å². The molecule has 2 rings (SSSR count). The Bertz CT molecular complexity index is 705. The van der Waals surface area contributed by atoms with Crippen molar-refractivity contribution in [3.63, 3.8) is 0 Å². The highest BCUT2D eigenvalue weighted by Crippen LogP contribution is 2.24. The quantitative estimate of drug-likeness (QED) is 0.498. The molecule has 1 N–H and O–H groups in total. The van der Waals surface area contributed by atoms with Crippen LogP contribution in [0.15, 0.2) is 46.7 Å². The Morgan fingerprint density at radius 3 is 2.73 bits per heavy atom. The van der Waals surface area contributed by atoms with Crippen molar-refractivity contribution in [1.82, 2.24) is 10.2 Å². The average Bonchev–Trinajstić information content (AvgIpc) is 3.17. The van der Waals surface area contributed by atoms with E-state index in [0.717, 1.165) is 9.77 Å². The van der Waals surface area contributed by atoms with E-state index in [0.29, 0.717) is 31.8 Å². The zero-order valence-electron chi connectivity index (χ0n) is 15.1. The third-order valence-electron chi connectivity index (χ3n) is 3.70. The molecular formula is C19H24N2O3S2. The Labute approximate surface area is 162 Å². The zero-order valence-corrected chi connectivity index (χ0v) is 16.7. The third-order valence-corrected chi connectivity index (χ3v) is 5.63. The number of carbonyl (C=O) groups is 2. The minimum atomic E-state index is -0.0692. The molecular weight excluding hydrogens is 368 g/mol. The van der Waals surface area contributed by atoms with Gasteiger partial charge >= 0.3 is 0 Å². The maximum absolute atomic E-state index is 13.0. The number of amides is 2. The second-order valence-corrected chi connectivity index (χ2v) is 7.58. The van der Waals surface area contributed by atoms with E-state index in [2.05, 4.69) is 5.32 Å². The number of thioether (sulfide) groups is 1. The van der Waals surface area contributed by atoms with Gasteiger partial charge in [0.05, 0.1) is 24.5 Å². The van der Waals surface area contributed by atoms with Gasteiger partial charge in [-0.05, 0) is 30.5 Å². The molecule has 0 saturated heterocycles. The molecule has 0 spiro atoms. The summed E-state index contributed by atoms with van der Waals surface area (Å²) in [6.07, 6.45) is 0. The second kappa shape index (κ2) is 11.0. The molecule has 0 bridgehead atoms. The summed E-state index contributed by atoms with van der Waals surface area (Å²) < 4.78 is 4.92. The van der Waals surface area contributed by atoms with Gasteiger partial charge < -0.3 is 15.0 Å². The van der Waals surface area contributed by atoms with Crippen LogP contribution < -0.4 is 5.32 Å². The number of nitrogens with one attached hydrogen (secondary N) is 1. The fraction of sp³-hybridized carbons (Fsp3) is 0.368. The van der Waals surface area contributed by atoms with Gasteiger partial charge in [-0.2, -0.15) is 0 Å². The maximum atomic E-state index is 13.0. The van der Waals surface area contributed by atoms with Crippen molar-refractivity contribution in [2.24, 2.45) is 0 Å². The fourth-order valence-corrected chi connectivity index (χ4v) is 3.94. The highest BCUT2D eigenvalue weighted by molar-refractivity contribution is 8.00. The first-order valence-corrected chi connectivity index (χ1v) is 10.3.